The monoisotopic (exact) mass is 412 g/mol. The van der Waals surface area contributed by atoms with E-state index < -0.39 is 25.9 Å². The highest BCUT2D eigenvalue weighted by Crippen LogP contribution is 2.25. The maximum Gasteiger partial charge on any atom is 0.236 e. The van der Waals surface area contributed by atoms with Crippen LogP contribution in [0.2, 0.25) is 0 Å². The number of rotatable bonds is 6. The van der Waals surface area contributed by atoms with Gasteiger partial charge < -0.3 is 0 Å². The molecule has 0 aromatic heterocycles. The van der Waals surface area contributed by atoms with Crippen LogP contribution in [0.3, 0.4) is 0 Å². The van der Waals surface area contributed by atoms with Crippen molar-refractivity contribution in [2.75, 3.05) is 17.0 Å². The average molecular weight is 413 g/mol. The van der Waals surface area contributed by atoms with Crippen LogP contribution in [0.1, 0.15) is 23.6 Å². The summed E-state index contributed by atoms with van der Waals surface area (Å²) in [6, 6.07) is 10.6. The van der Waals surface area contributed by atoms with Crippen LogP contribution in [0.4, 0.5) is 10.1 Å². The molecule has 0 radical (unpaired) electrons. The molecule has 0 amide bonds. The molecule has 0 bridgehead atoms. The normalized spacial score (nSPS) is 15.3. The van der Waals surface area contributed by atoms with E-state index in [1.54, 1.807) is 25.1 Å². The standard InChI is InChI=1S/C18H21FN2O4S2/c1-2-27(24,25)21-9-8-15-6-7-18(11-16(15)12-21)20-26(22,23)13-14-4-3-5-17(19)10-14/h3-7,10-11,20H,2,8-9,12-13H2,1H3. The molecule has 0 saturated carbocycles. The summed E-state index contributed by atoms with van der Waals surface area (Å²) in [4.78, 5) is 0. The van der Waals surface area contributed by atoms with Crippen molar-refractivity contribution in [3.8, 4) is 0 Å². The van der Waals surface area contributed by atoms with Crippen LogP contribution in [0.25, 0.3) is 0 Å². The van der Waals surface area contributed by atoms with Crippen molar-refractivity contribution in [2.45, 2.75) is 25.6 Å². The molecule has 0 saturated heterocycles. The van der Waals surface area contributed by atoms with Gasteiger partial charge in [0.05, 0.1) is 11.5 Å². The summed E-state index contributed by atoms with van der Waals surface area (Å²) >= 11 is 0. The third-order valence-electron chi connectivity index (χ3n) is 4.46. The molecule has 1 heterocycles. The number of hydrogen-bond acceptors (Lipinski definition) is 4. The number of anilines is 1. The van der Waals surface area contributed by atoms with Crippen molar-refractivity contribution < 1.29 is 21.2 Å². The highest BCUT2D eigenvalue weighted by atomic mass is 32.2. The lowest BCUT2D eigenvalue weighted by atomic mass is 10.0. The number of benzene rings is 2. The predicted octanol–water partition coefficient (Wildman–Crippen LogP) is 2.48. The molecule has 1 aliphatic heterocycles. The van der Waals surface area contributed by atoms with Gasteiger partial charge in [0.2, 0.25) is 20.0 Å². The van der Waals surface area contributed by atoms with E-state index in [-0.39, 0.29) is 18.1 Å². The molecule has 0 unspecified atom stereocenters. The van der Waals surface area contributed by atoms with Gasteiger partial charge in [0.1, 0.15) is 5.82 Å². The van der Waals surface area contributed by atoms with E-state index in [4.69, 9.17) is 0 Å². The molecule has 0 aliphatic carbocycles. The van der Waals surface area contributed by atoms with E-state index >= 15 is 0 Å². The van der Waals surface area contributed by atoms with Crippen molar-refractivity contribution in [2.24, 2.45) is 0 Å². The third-order valence-corrected chi connectivity index (χ3v) is 7.55. The van der Waals surface area contributed by atoms with Gasteiger partial charge >= 0.3 is 0 Å². The second kappa shape index (κ2) is 7.57. The molecule has 2 aromatic rings. The van der Waals surface area contributed by atoms with E-state index in [0.29, 0.717) is 24.2 Å². The van der Waals surface area contributed by atoms with Gasteiger partial charge in [-0.1, -0.05) is 18.2 Å². The molecule has 2 aromatic carbocycles. The zero-order valence-corrected chi connectivity index (χ0v) is 16.5. The third kappa shape index (κ3) is 4.85. The van der Waals surface area contributed by atoms with Crippen LogP contribution in [-0.4, -0.2) is 33.4 Å². The average Bonchev–Trinajstić information content (AvgIpc) is 2.60. The molecule has 0 atom stereocenters. The van der Waals surface area contributed by atoms with Gasteiger partial charge in [-0.15, -0.1) is 0 Å². The Morgan fingerprint density at radius 3 is 2.56 bits per heavy atom. The molecular weight excluding hydrogens is 391 g/mol. The number of nitrogens with zero attached hydrogens (tertiary/aromatic N) is 1. The molecule has 1 aliphatic rings. The topological polar surface area (TPSA) is 83.6 Å². The fourth-order valence-electron chi connectivity index (χ4n) is 3.08. The molecule has 9 heteroatoms. The van der Waals surface area contributed by atoms with Crippen LogP contribution in [-0.2, 0) is 38.8 Å². The summed E-state index contributed by atoms with van der Waals surface area (Å²) in [5.74, 6) is -0.811. The zero-order valence-electron chi connectivity index (χ0n) is 14.9. The van der Waals surface area contributed by atoms with Crippen molar-refractivity contribution in [1.29, 1.82) is 0 Å². The van der Waals surface area contributed by atoms with Crippen LogP contribution >= 0.6 is 0 Å². The molecule has 3 rings (SSSR count). The molecule has 27 heavy (non-hydrogen) atoms. The first kappa shape index (κ1) is 19.8. The van der Waals surface area contributed by atoms with E-state index in [9.17, 15) is 21.2 Å². The lowest BCUT2D eigenvalue weighted by Crippen LogP contribution is -2.36. The van der Waals surface area contributed by atoms with Crippen LogP contribution in [0.15, 0.2) is 42.5 Å². The Hall–Kier alpha value is -1.97. The molecule has 0 fully saturated rings. The Labute approximate surface area is 159 Å². The summed E-state index contributed by atoms with van der Waals surface area (Å²) < 4.78 is 66.1. The first-order chi connectivity index (χ1) is 12.7. The second-order valence-electron chi connectivity index (χ2n) is 6.46. The Balaban J connectivity index is 1.78. The smallest absolute Gasteiger partial charge is 0.236 e. The van der Waals surface area contributed by atoms with Gasteiger partial charge in [0.15, 0.2) is 0 Å². The van der Waals surface area contributed by atoms with Crippen LogP contribution < -0.4 is 4.72 Å². The molecule has 146 valence electrons. The summed E-state index contributed by atoms with van der Waals surface area (Å²) in [5.41, 5.74) is 2.50. The fourth-order valence-corrected chi connectivity index (χ4v) is 5.32. The lowest BCUT2D eigenvalue weighted by molar-refractivity contribution is 0.392. The molecule has 6 nitrogen and oxygen atoms in total. The SMILES string of the molecule is CCS(=O)(=O)N1CCc2ccc(NS(=O)(=O)Cc3cccc(F)c3)cc2C1. The maximum absolute atomic E-state index is 13.3. The Morgan fingerprint density at radius 2 is 1.85 bits per heavy atom. The van der Waals surface area contributed by atoms with E-state index in [0.717, 1.165) is 11.1 Å². The van der Waals surface area contributed by atoms with Crippen LogP contribution in [0.5, 0.6) is 0 Å². The quantitative estimate of drug-likeness (QED) is 0.790. The highest BCUT2D eigenvalue weighted by Gasteiger charge is 2.25. The first-order valence-corrected chi connectivity index (χ1v) is 11.8. The number of sulfonamides is 2. The van der Waals surface area contributed by atoms with Crippen molar-refractivity contribution in [3.63, 3.8) is 0 Å². The first-order valence-electron chi connectivity index (χ1n) is 8.53. The van der Waals surface area contributed by atoms with Gasteiger partial charge in [0.25, 0.3) is 0 Å². The van der Waals surface area contributed by atoms with Gasteiger partial charge in [-0.05, 0) is 54.3 Å². The van der Waals surface area contributed by atoms with Gasteiger partial charge in [0, 0.05) is 18.8 Å². The van der Waals surface area contributed by atoms with E-state index in [1.165, 1.54) is 22.5 Å². The predicted molar refractivity (Wildman–Crippen MR) is 103 cm³/mol. The summed E-state index contributed by atoms with van der Waals surface area (Å²) in [7, 11) is -7.02. The highest BCUT2D eigenvalue weighted by molar-refractivity contribution is 7.91. The molecular formula is C18H21FN2O4S2. The van der Waals surface area contributed by atoms with Gasteiger partial charge in [-0.3, -0.25) is 4.72 Å². The lowest BCUT2D eigenvalue weighted by Gasteiger charge is -2.28. The maximum atomic E-state index is 13.3. The number of halogens is 1. The van der Waals surface area contributed by atoms with Crippen molar-refractivity contribution >= 4 is 25.7 Å². The van der Waals surface area contributed by atoms with E-state index in [1.807, 2.05) is 6.07 Å². The largest absolute Gasteiger partial charge is 0.283 e. The van der Waals surface area contributed by atoms with Crippen molar-refractivity contribution in [3.05, 3.63) is 65.0 Å². The van der Waals surface area contributed by atoms with Crippen molar-refractivity contribution in [1.82, 2.24) is 4.31 Å². The van der Waals surface area contributed by atoms with Gasteiger partial charge in [-0.2, -0.15) is 4.31 Å². The number of hydrogen-bond donors (Lipinski definition) is 1. The van der Waals surface area contributed by atoms with E-state index in [2.05, 4.69) is 4.72 Å². The molecule has 1 N–H and O–H groups in total. The minimum absolute atomic E-state index is 0.0300. The minimum Gasteiger partial charge on any atom is -0.283 e. The molecule has 0 spiro atoms. The summed E-state index contributed by atoms with van der Waals surface area (Å²) in [5, 5.41) is 0. The van der Waals surface area contributed by atoms with Gasteiger partial charge in [-0.25, -0.2) is 21.2 Å². The zero-order chi connectivity index (χ0) is 19.7. The summed E-state index contributed by atoms with van der Waals surface area (Å²) in [6.07, 6.45) is 0.588. The Kier molecular flexibility index (Phi) is 5.55. The fraction of sp³-hybridized carbons (Fsp3) is 0.333. The number of nitrogens with one attached hydrogen (secondary N) is 1. The summed E-state index contributed by atoms with van der Waals surface area (Å²) in [6.45, 7) is 2.25. The minimum atomic E-state index is -3.73. The van der Waals surface area contributed by atoms with Crippen LogP contribution in [0, 0.1) is 5.82 Å². The second-order valence-corrected chi connectivity index (χ2v) is 10.4. The Bertz CT molecular complexity index is 1050. The number of fused-ring (bicyclic) bond motifs is 1. The Morgan fingerprint density at radius 1 is 1.07 bits per heavy atom.